The van der Waals surface area contributed by atoms with E-state index in [9.17, 15) is 9.59 Å². The molecule has 1 amide bonds. The number of carbonyl (C=O) groups excluding carboxylic acids is 1. The van der Waals surface area contributed by atoms with Crippen molar-refractivity contribution < 1.29 is 19.4 Å². The summed E-state index contributed by atoms with van der Waals surface area (Å²) in [4.78, 5) is 24.6. The molecule has 5 nitrogen and oxygen atoms in total. The molecule has 1 saturated heterocycles. The molecule has 0 saturated carbocycles. The van der Waals surface area contributed by atoms with E-state index in [1.54, 1.807) is 11.8 Å². The monoisotopic (exact) mass is 257 g/mol. The van der Waals surface area contributed by atoms with Gasteiger partial charge in [0.05, 0.1) is 5.92 Å². The summed E-state index contributed by atoms with van der Waals surface area (Å²) in [7, 11) is 0. The molecule has 0 aromatic carbocycles. The molecule has 5 heteroatoms. The topological polar surface area (TPSA) is 66.8 Å². The third-order valence-corrected chi connectivity index (χ3v) is 3.30. The minimum Gasteiger partial charge on any atom is -0.481 e. The Bertz CT molecular complexity index is 293. The summed E-state index contributed by atoms with van der Waals surface area (Å²) in [6.07, 6.45) is 2.92. The van der Waals surface area contributed by atoms with Gasteiger partial charge >= 0.3 is 5.97 Å². The molecule has 0 aromatic heterocycles. The highest BCUT2D eigenvalue weighted by Gasteiger charge is 2.30. The Hall–Kier alpha value is -1.10. The predicted molar refractivity (Wildman–Crippen MR) is 67.3 cm³/mol. The van der Waals surface area contributed by atoms with Crippen LogP contribution in [0.3, 0.4) is 0 Å². The summed E-state index contributed by atoms with van der Waals surface area (Å²) in [6.45, 7) is 5.35. The molecule has 0 unspecified atom stereocenters. The Morgan fingerprint density at radius 3 is 2.83 bits per heavy atom. The van der Waals surface area contributed by atoms with Crippen molar-refractivity contribution in [1.82, 2.24) is 4.90 Å². The lowest BCUT2D eigenvalue weighted by atomic mass is 9.98. The maximum absolute atomic E-state index is 12.1. The Balaban J connectivity index is 2.42. The molecular weight excluding hydrogens is 234 g/mol. The lowest BCUT2D eigenvalue weighted by Gasteiger charge is -2.32. The maximum Gasteiger partial charge on any atom is 0.308 e. The standard InChI is InChI=1S/C13H23NO4/c1-3-4-8-18-10(2)12(15)14-7-5-6-11(9-14)13(16)17/h10-11H,3-9H2,1-2H3,(H,16,17)/t10-,11+/m0/s1. The van der Waals surface area contributed by atoms with Gasteiger partial charge in [0, 0.05) is 19.7 Å². The van der Waals surface area contributed by atoms with Crippen molar-refractivity contribution in [3.63, 3.8) is 0 Å². The number of carboxylic acids is 1. The number of aliphatic carboxylic acids is 1. The molecule has 18 heavy (non-hydrogen) atoms. The molecule has 2 atom stereocenters. The molecule has 1 N–H and O–H groups in total. The fourth-order valence-corrected chi connectivity index (χ4v) is 2.11. The van der Waals surface area contributed by atoms with Crippen molar-refractivity contribution >= 4 is 11.9 Å². The largest absolute Gasteiger partial charge is 0.481 e. The van der Waals surface area contributed by atoms with Gasteiger partial charge in [-0.1, -0.05) is 13.3 Å². The van der Waals surface area contributed by atoms with Crippen LogP contribution in [0.2, 0.25) is 0 Å². The molecular formula is C13H23NO4. The highest BCUT2D eigenvalue weighted by Crippen LogP contribution is 2.17. The predicted octanol–water partition coefficient (Wildman–Crippen LogP) is 1.51. The Kier molecular flexibility index (Phi) is 6.12. The summed E-state index contributed by atoms with van der Waals surface area (Å²) in [5, 5.41) is 8.98. The first kappa shape index (κ1) is 15.0. The molecule has 0 bridgehead atoms. The molecule has 0 aliphatic carbocycles. The van der Waals surface area contributed by atoms with E-state index < -0.39 is 18.0 Å². The van der Waals surface area contributed by atoms with Crippen LogP contribution in [0, 0.1) is 5.92 Å². The molecule has 1 fully saturated rings. The van der Waals surface area contributed by atoms with Crippen LogP contribution in [0.15, 0.2) is 0 Å². The van der Waals surface area contributed by atoms with Crippen LogP contribution in [0.1, 0.15) is 39.5 Å². The number of hydrogen-bond donors (Lipinski definition) is 1. The zero-order valence-electron chi connectivity index (χ0n) is 11.2. The van der Waals surface area contributed by atoms with E-state index in [1.807, 2.05) is 0 Å². The van der Waals surface area contributed by atoms with Crippen molar-refractivity contribution in [2.45, 2.75) is 45.6 Å². The molecule has 0 radical (unpaired) electrons. The minimum atomic E-state index is -0.813. The van der Waals surface area contributed by atoms with Crippen LogP contribution < -0.4 is 0 Å². The van der Waals surface area contributed by atoms with Crippen molar-refractivity contribution in [3.05, 3.63) is 0 Å². The van der Waals surface area contributed by atoms with Gasteiger partial charge in [-0.2, -0.15) is 0 Å². The van der Waals surface area contributed by atoms with E-state index in [4.69, 9.17) is 9.84 Å². The molecule has 1 aliphatic heterocycles. The third-order valence-electron chi connectivity index (χ3n) is 3.30. The number of hydrogen-bond acceptors (Lipinski definition) is 3. The van der Waals surface area contributed by atoms with Gasteiger partial charge in [-0.05, 0) is 26.2 Å². The summed E-state index contributed by atoms with van der Waals surface area (Å²) in [6, 6.07) is 0. The minimum absolute atomic E-state index is 0.0861. The fraction of sp³-hybridized carbons (Fsp3) is 0.846. The van der Waals surface area contributed by atoms with Crippen LogP contribution in [0.25, 0.3) is 0 Å². The van der Waals surface area contributed by atoms with E-state index in [1.165, 1.54) is 0 Å². The number of carboxylic acid groups (broad SMARTS) is 1. The van der Waals surface area contributed by atoms with Crippen molar-refractivity contribution in [3.8, 4) is 0 Å². The molecule has 1 heterocycles. The van der Waals surface area contributed by atoms with Gasteiger partial charge in [0.2, 0.25) is 0 Å². The number of ether oxygens (including phenoxy) is 1. The number of likely N-dealkylation sites (tertiary alicyclic amines) is 1. The number of nitrogens with zero attached hydrogens (tertiary/aromatic N) is 1. The summed E-state index contributed by atoms with van der Waals surface area (Å²) in [5.74, 6) is -1.32. The van der Waals surface area contributed by atoms with Gasteiger partial charge in [-0.15, -0.1) is 0 Å². The molecule has 0 spiro atoms. The van der Waals surface area contributed by atoms with Crippen LogP contribution in [-0.4, -0.2) is 47.7 Å². The second-order valence-corrected chi connectivity index (χ2v) is 4.83. The number of amides is 1. The quantitative estimate of drug-likeness (QED) is 0.732. The van der Waals surface area contributed by atoms with Gasteiger partial charge in [0.25, 0.3) is 5.91 Å². The maximum atomic E-state index is 12.1. The molecule has 1 aliphatic rings. The van der Waals surface area contributed by atoms with Crippen LogP contribution in [0.4, 0.5) is 0 Å². The average molecular weight is 257 g/mol. The third kappa shape index (κ3) is 4.29. The lowest BCUT2D eigenvalue weighted by molar-refractivity contribution is -0.150. The molecule has 0 aromatic rings. The van der Waals surface area contributed by atoms with Gasteiger partial charge in [-0.25, -0.2) is 0 Å². The number of rotatable bonds is 6. The lowest BCUT2D eigenvalue weighted by Crippen LogP contribution is -2.46. The normalized spacial score (nSPS) is 21.7. The Morgan fingerprint density at radius 2 is 2.22 bits per heavy atom. The summed E-state index contributed by atoms with van der Waals surface area (Å²) < 4.78 is 5.45. The number of piperidine rings is 1. The van der Waals surface area contributed by atoms with Crippen molar-refractivity contribution in [2.24, 2.45) is 5.92 Å². The van der Waals surface area contributed by atoms with Crippen LogP contribution >= 0.6 is 0 Å². The van der Waals surface area contributed by atoms with Gasteiger partial charge in [-0.3, -0.25) is 9.59 Å². The van der Waals surface area contributed by atoms with Crippen molar-refractivity contribution in [1.29, 1.82) is 0 Å². The van der Waals surface area contributed by atoms with Gasteiger partial charge in [0.15, 0.2) is 0 Å². The zero-order chi connectivity index (χ0) is 13.5. The van der Waals surface area contributed by atoms with E-state index >= 15 is 0 Å². The summed E-state index contributed by atoms with van der Waals surface area (Å²) in [5.41, 5.74) is 0. The average Bonchev–Trinajstić information content (AvgIpc) is 2.38. The van der Waals surface area contributed by atoms with E-state index in [0.717, 1.165) is 19.3 Å². The smallest absolute Gasteiger partial charge is 0.308 e. The first-order chi connectivity index (χ1) is 8.56. The zero-order valence-corrected chi connectivity index (χ0v) is 11.2. The van der Waals surface area contributed by atoms with Crippen LogP contribution in [0.5, 0.6) is 0 Å². The number of unbranched alkanes of at least 4 members (excludes halogenated alkanes) is 1. The Labute approximate surface area is 108 Å². The first-order valence-corrected chi connectivity index (χ1v) is 6.69. The summed E-state index contributed by atoms with van der Waals surface area (Å²) >= 11 is 0. The van der Waals surface area contributed by atoms with E-state index in [0.29, 0.717) is 26.1 Å². The fourth-order valence-electron chi connectivity index (χ4n) is 2.11. The Morgan fingerprint density at radius 1 is 1.50 bits per heavy atom. The van der Waals surface area contributed by atoms with Gasteiger partial charge < -0.3 is 14.7 Å². The second-order valence-electron chi connectivity index (χ2n) is 4.83. The van der Waals surface area contributed by atoms with E-state index in [2.05, 4.69) is 6.92 Å². The van der Waals surface area contributed by atoms with Gasteiger partial charge in [0.1, 0.15) is 6.10 Å². The highest BCUT2D eigenvalue weighted by atomic mass is 16.5. The second kappa shape index (κ2) is 7.36. The first-order valence-electron chi connectivity index (χ1n) is 6.69. The van der Waals surface area contributed by atoms with Crippen LogP contribution in [-0.2, 0) is 14.3 Å². The van der Waals surface area contributed by atoms with E-state index in [-0.39, 0.29) is 5.91 Å². The SMILES string of the molecule is CCCCO[C@@H](C)C(=O)N1CCC[C@@H](C(=O)O)C1. The highest BCUT2D eigenvalue weighted by molar-refractivity contribution is 5.81. The molecule has 1 rings (SSSR count). The molecule has 104 valence electrons. The van der Waals surface area contributed by atoms with Crippen molar-refractivity contribution in [2.75, 3.05) is 19.7 Å². The number of carbonyl (C=O) groups is 2.